The number of halogens is 1. The molecule has 3 heteroatoms. The molecule has 1 aliphatic heterocycles. The van der Waals surface area contributed by atoms with Gasteiger partial charge in [-0.2, -0.15) is 0 Å². The second kappa shape index (κ2) is 9.47. The van der Waals surface area contributed by atoms with Crippen LogP contribution in [0.5, 0.6) is 0 Å². The third-order valence-electron chi connectivity index (χ3n) is 10.0. The molecule has 1 aliphatic carbocycles. The first-order valence-electron chi connectivity index (χ1n) is 15.7. The van der Waals surface area contributed by atoms with Gasteiger partial charge in [-0.1, -0.05) is 115 Å². The highest BCUT2D eigenvalue weighted by Gasteiger charge is 2.51. The van der Waals surface area contributed by atoms with Gasteiger partial charge >= 0.3 is 0 Å². The van der Waals surface area contributed by atoms with Crippen LogP contribution in [0.25, 0.3) is 38.6 Å². The van der Waals surface area contributed by atoms with Crippen molar-refractivity contribution >= 4 is 50.5 Å². The maximum absolute atomic E-state index is 6.54. The average molecular weight is 607 g/mol. The lowest BCUT2D eigenvalue weighted by molar-refractivity contribution is 0.752. The molecule has 0 amide bonds. The molecule has 7 aromatic carbocycles. The summed E-state index contributed by atoms with van der Waals surface area (Å²) in [5.41, 5.74) is 14.3. The van der Waals surface area contributed by atoms with E-state index in [9.17, 15) is 0 Å². The molecule has 2 heterocycles. The standard InChI is InChI=1S/C43H27ClN2/c44-28-22-25-40-34(26-28)33-15-5-9-19-39(33)46(40)30-23-24-32-31-14-4-6-16-35(31)43(38(32)27-30)36-17-7-10-20-41(36)45(29-12-2-1-3-13-29)42-21-11-8-18-37(42)43/h1-27H. The minimum atomic E-state index is -0.498. The SMILES string of the molecule is Clc1ccc2c(c1)c1ccccc1n2-c1ccc2c(c1)C1(c3ccccc3-2)c2ccccc2N(c2ccccc2)c2ccccc21. The van der Waals surface area contributed by atoms with Gasteiger partial charge in [0, 0.05) is 27.2 Å². The van der Waals surface area contributed by atoms with Crippen LogP contribution in [0, 0.1) is 0 Å². The Kier molecular flexibility index (Phi) is 5.29. The minimum absolute atomic E-state index is 0.498. The van der Waals surface area contributed by atoms with Crippen LogP contribution in [-0.4, -0.2) is 4.57 Å². The number of nitrogens with zero attached hydrogens (tertiary/aromatic N) is 2. The second-order valence-corrected chi connectivity index (χ2v) is 12.7. The molecular formula is C43H27ClN2. The Morgan fingerprint density at radius 3 is 1.80 bits per heavy atom. The van der Waals surface area contributed by atoms with Gasteiger partial charge in [-0.3, -0.25) is 0 Å². The number of hydrogen-bond donors (Lipinski definition) is 0. The summed E-state index contributed by atoms with van der Waals surface area (Å²) >= 11 is 6.54. The van der Waals surface area contributed by atoms with Crippen molar-refractivity contribution in [3.63, 3.8) is 0 Å². The summed E-state index contributed by atoms with van der Waals surface area (Å²) in [5, 5.41) is 3.11. The Labute approximate surface area is 272 Å². The van der Waals surface area contributed by atoms with E-state index in [0.29, 0.717) is 0 Å². The Morgan fingerprint density at radius 1 is 0.413 bits per heavy atom. The number of para-hydroxylation sites is 4. The van der Waals surface area contributed by atoms with Gasteiger partial charge in [0.1, 0.15) is 0 Å². The van der Waals surface area contributed by atoms with Crippen LogP contribution in [-0.2, 0) is 5.41 Å². The molecular weight excluding hydrogens is 580 g/mol. The van der Waals surface area contributed by atoms with E-state index in [4.69, 9.17) is 11.6 Å². The van der Waals surface area contributed by atoms with Crippen molar-refractivity contribution in [2.75, 3.05) is 4.90 Å². The summed E-state index contributed by atoms with van der Waals surface area (Å²) in [4.78, 5) is 2.43. The van der Waals surface area contributed by atoms with Gasteiger partial charge < -0.3 is 9.47 Å². The summed E-state index contributed by atoms with van der Waals surface area (Å²) in [6.45, 7) is 0. The summed E-state index contributed by atoms with van der Waals surface area (Å²) < 4.78 is 2.40. The van der Waals surface area contributed by atoms with E-state index >= 15 is 0 Å². The molecule has 10 rings (SSSR count). The molecule has 2 nitrogen and oxygen atoms in total. The topological polar surface area (TPSA) is 8.17 Å². The third-order valence-corrected chi connectivity index (χ3v) is 10.3. The number of fused-ring (bicyclic) bond motifs is 12. The number of rotatable bonds is 2. The second-order valence-electron chi connectivity index (χ2n) is 12.2. The Balaban J connectivity index is 1.33. The molecule has 0 atom stereocenters. The molecule has 0 saturated carbocycles. The van der Waals surface area contributed by atoms with Gasteiger partial charge in [-0.05, 0) is 94.0 Å². The summed E-state index contributed by atoms with van der Waals surface area (Å²) in [6, 6.07) is 59.6. The largest absolute Gasteiger partial charge is 0.310 e. The number of aromatic nitrogens is 1. The zero-order valence-electron chi connectivity index (χ0n) is 24.9. The summed E-state index contributed by atoms with van der Waals surface area (Å²) in [5.74, 6) is 0. The van der Waals surface area contributed by atoms with Crippen molar-refractivity contribution < 1.29 is 0 Å². The lowest BCUT2D eigenvalue weighted by Gasteiger charge is -2.45. The van der Waals surface area contributed by atoms with Crippen LogP contribution in [0.3, 0.4) is 0 Å². The quantitative estimate of drug-likeness (QED) is 0.190. The van der Waals surface area contributed by atoms with Gasteiger partial charge in [0.2, 0.25) is 0 Å². The zero-order chi connectivity index (χ0) is 30.4. The normalized spacial score (nSPS) is 13.9. The van der Waals surface area contributed by atoms with Crippen LogP contribution in [0.15, 0.2) is 164 Å². The van der Waals surface area contributed by atoms with Crippen LogP contribution < -0.4 is 4.90 Å². The molecule has 0 radical (unpaired) electrons. The number of anilines is 3. The van der Waals surface area contributed by atoms with E-state index in [2.05, 4.69) is 167 Å². The molecule has 1 spiro atoms. The van der Waals surface area contributed by atoms with Crippen molar-refractivity contribution in [1.82, 2.24) is 4.57 Å². The molecule has 0 N–H and O–H groups in total. The van der Waals surface area contributed by atoms with E-state index in [-0.39, 0.29) is 0 Å². The summed E-state index contributed by atoms with van der Waals surface area (Å²) in [7, 11) is 0. The highest BCUT2D eigenvalue weighted by molar-refractivity contribution is 6.32. The average Bonchev–Trinajstić information content (AvgIpc) is 3.59. The maximum atomic E-state index is 6.54. The molecule has 0 bridgehead atoms. The Morgan fingerprint density at radius 2 is 1.02 bits per heavy atom. The molecule has 2 aliphatic rings. The molecule has 1 aromatic heterocycles. The fourth-order valence-corrected chi connectivity index (χ4v) is 8.48. The van der Waals surface area contributed by atoms with Crippen molar-refractivity contribution in [3.05, 3.63) is 191 Å². The van der Waals surface area contributed by atoms with E-state index in [0.717, 1.165) is 27.3 Å². The third kappa shape index (κ3) is 3.26. The van der Waals surface area contributed by atoms with E-state index < -0.39 is 5.41 Å². The van der Waals surface area contributed by atoms with Crippen LogP contribution >= 0.6 is 11.6 Å². The molecule has 216 valence electrons. The lowest BCUT2D eigenvalue weighted by atomic mass is 9.64. The van der Waals surface area contributed by atoms with Crippen LogP contribution in [0.1, 0.15) is 22.3 Å². The maximum Gasteiger partial charge on any atom is 0.0755 e. The molecule has 8 aromatic rings. The molecule has 46 heavy (non-hydrogen) atoms. The number of hydrogen-bond acceptors (Lipinski definition) is 1. The van der Waals surface area contributed by atoms with Crippen LogP contribution in [0.2, 0.25) is 5.02 Å². The first-order valence-corrected chi connectivity index (χ1v) is 16.1. The van der Waals surface area contributed by atoms with Crippen molar-refractivity contribution in [2.45, 2.75) is 5.41 Å². The fraction of sp³-hybridized carbons (Fsp3) is 0.0233. The predicted molar refractivity (Wildman–Crippen MR) is 191 cm³/mol. The van der Waals surface area contributed by atoms with Gasteiger partial charge in [-0.25, -0.2) is 0 Å². The zero-order valence-corrected chi connectivity index (χ0v) is 25.6. The summed E-state index contributed by atoms with van der Waals surface area (Å²) in [6.07, 6.45) is 0. The first kappa shape index (κ1) is 25.7. The van der Waals surface area contributed by atoms with E-state index in [1.54, 1.807) is 0 Å². The minimum Gasteiger partial charge on any atom is -0.310 e. The van der Waals surface area contributed by atoms with Gasteiger partial charge in [-0.15, -0.1) is 0 Å². The monoisotopic (exact) mass is 606 g/mol. The molecule has 0 unspecified atom stereocenters. The van der Waals surface area contributed by atoms with Gasteiger partial charge in [0.15, 0.2) is 0 Å². The van der Waals surface area contributed by atoms with Crippen molar-refractivity contribution in [2.24, 2.45) is 0 Å². The smallest absolute Gasteiger partial charge is 0.0755 e. The van der Waals surface area contributed by atoms with Gasteiger partial charge in [0.25, 0.3) is 0 Å². The first-order chi connectivity index (χ1) is 22.7. The van der Waals surface area contributed by atoms with Crippen molar-refractivity contribution in [1.29, 1.82) is 0 Å². The fourth-order valence-electron chi connectivity index (χ4n) is 8.31. The predicted octanol–water partition coefficient (Wildman–Crippen LogP) is 11.6. The van der Waals surface area contributed by atoms with E-state index in [1.807, 2.05) is 6.07 Å². The Bertz CT molecular complexity index is 2460. The highest BCUT2D eigenvalue weighted by atomic mass is 35.5. The molecule has 0 fully saturated rings. The van der Waals surface area contributed by atoms with Crippen molar-refractivity contribution in [3.8, 4) is 16.8 Å². The lowest BCUT2D eigenvalue weighted by Crippen LogP contribution is -2.36. The Hall–Kier alpha value is -5.57. The van der Waals surface area contributed by atoms with E-state index in [1.165, 1.54) is 55.7 Å². The highest BCUT2D eigenvalue weighted by Crippen LogP contribution is 2.63. The number of benzene rings is 7. The van der Waals surface area contributed by atoms with Gasteiger partial charge in [0.05, 0.1) is 27.8 Å². The van der Waals surface area contributed by atoms with Crippen LogP contribution in [0.4, 0.5) is 17.1 Å². The molecule has 0 saturated heterocycles.